The molecule has 3 aromatic rings. The Kier molecular flexibility index (Phi) is 3.74. The van der Waals surface area contributed by atoms with E-state index in [9.17, 15) is 24.8 Å². The maximum Gasteiger partial charge on any atom is 0.352 e. The molecule has 1 amide bonds. The van der Waals surface area contributed by atoms with Crippen LogP contribution in [0.5, 0.6) is 0 Å². The molecule has 9 heteroatoms. The van der Waals surface area contributed by atoms with E-state index >= 15 is 0 Å². The highest BCUT2D eigenvalue weighted by atomic mass is 16.6. The number of aromatic carboxylic acids is 1. The predicted molar refractivity (Wildman–Crippen MR) is 81.8 cm³/mol. The molecule has 0 spiro atoms. The van der Waals surface area contributed by atoms with Gasteiger partial charge in [0.25, 0.3) is 11.6 Å². The van der Waals surface area contributed by atoms with Gasteiger partial charge in [0.1, 0.15) is 5.69 Å². The number of nitro benzene ring substituents is 1. The molecule has 0 fully saturated rings. The first-order valence-corrected chi connectivity index (χ1v) is 6.81. The fourth-order valence-electron chi connectivity index (χ4n) is 2.38. The molecule has 0 saturated heterocycles. The predicted octanol–water partition coefficient (Wildman–Crippen LogP) is 2.30. The van der Waals surface area contributed by atoms with Crippen LogP contribution in [0.15, 0.2) is 41.0 Å². The van der Waals surface area contributed by atoms with E-state index < -0.39 is 16.8 Å². The number of nitro groups is 1. The summed E-state index contributed by atoms with van der Waals surface area (Å²) < 4.78 is 4.96. The van der Waals surface area contributed by atoms with Crippen molar-refractivity contribution < 1.29 is 24.0 Å². The van der Waals surface area contributed by atoms with Gasteiger partial charge in [0.2, 0.25) is 0 Å². The van der Waals surface area contributed by atoms with Crippen molar-refractivity contribution in [2.45, 2.75) is 6.54 Å². The third-order valence-electron chi connectivity index (χ3n) is 3.49. The van der Waals surface area contributed by atoms with Gasteiger partial charge >= 0.3 is 5.97 Å². The SMILES string of the molecule is O=C(NCc1c(C(=O)O)[nH]c2ccc([N+](=O)[O-])cc12)c1ccco1. The quantitative estimate of drug-likeness (QED) is 0.485. The molecule has 0 unspecified atom stereocenters. The molecule has 3 N–H and O–H groups in total. The Morgan fingerprint density at radius 1 is 1.33 bits per heavy atom. The van der Waals surface area contributed by atoms with Gasteiger partial charge in [-0.3, -0.25) is 14.9 Å². The van der Waals surface area contributed by atoms with Crippen molar-refractivity contribution in [1.29, 1.82) is 0 Å². The molecule has 0 atom stereocenters. The Morgan fingerprint density at radius 2 is 2.12 bits per heavy atom. The van der Waals surface area contributed by atoms with Gasteiger partial charge in [-0.15, -0.1) is 0 Å². The number of nitrogens with zero attached hydrogens (tertiary/aromatic N) is 1. The van der Waals surface area contributed by atoms with Crippen molar-refractivity contribution >= 4 is 28.5 Å². The Morgan fingerprint density at radius 3 is 2.75 bits per heavy atom. The maximum atomic E-state index is 11.9. The third-order valence-corrected chi connectivity index (χ3v) is 3.49. The highest BCUT2D eigenvalue weighted by Crippen LogP contribution is 2.27. The second-order valence-corrected chi connectivity index (χ2v) is 4.93. The fraction of sp³-hybridized carbons (Fsp3) is 0.0667. The van der Waals surface area contributed by atoms with Crippen LogP contribution in [0.3, 0.4) is 0 Å². The summed E-state index contributed by atoms with van der Waals surface area (Å²) >= 11 is 0. The topological polar surface area (TPSA) is 138 Å². The molecule has 1 aromatic carbocycles. The molecular weight excluding hydrogens is 318 g/mol. The van der Waals surface area contributed by atoms with E-state index in [1.807, 2.05) is 0 Å². The van der Waals surface area contributed by atoms with Gasteiger partial charge in [-0.2, -0.15) is 0 Å². The number of fused-ring (bicyclic) bond motifs is 1. The highest BCUT2D eigenvalue weighted by molar-refractivity contribution is 5.99. The number of nitrogens with one attached hydrogen (secondary N) is 2. The molecule has 2 heterocycles. The zero-order chi connectivity index (χ0) is 17.3. The average molecular weight is 329 g/mol. The van der Waals surface area contributed by atoms with Gasteiger partial charge in [0.15, 0.2) is 5.76 Å². The van der Waals surface area contributed by atoms with Crippen LogP contribution in [0.4, 0.5) is 5.69 Å². The molecule has 122 valence electrons. The Hall–Kier alpha value is -3.62. The molecule has 24 heavy (non-hydrogen) atoms. The number of carbonyl (C=O) groups is 2. The summed E-state index contributed by atoms with van der Waals surface area (Å²) in [5.41, 5.74) is 0.378. The summed E-state index contributed by atoms with van der Waals surface area (Å²) in [6, 6.07) is 6.99. The molecule has 2 aromatic heterocycles. The van der Waals surface area contributed by atoms with Crippen molar-refractivity contribution in [3.63, 3.8) is 0 Å². The number of aromatic amines is 1. The van der Waals surface area contributed by atoms with Crippen LogP contribution in [0.25, 0.3) is 10.9 Å². The summed E-state index contributed by atoms with van der Waals surface area (Å²) in [5, 5.41) is 23.1. The minimum absolute atomic E-state index is 0.0812. The monoisotopic (exact) mass is 329 g/mol. The van der Waals surface area contributed by atoms with Crippen LogP contribution in [-0.2, 0) is 6.54 Å². The van der Waals surface area contributed by atoms with Gasteiger partial charge in [0.05, 0.1) is 11.2 Å². The number of benzene rings is 1. The van der Waals surface area contributed by atoms with Crippen molar-refractivity contribution in [3.8, 4) is 0 Å². The number of amides is 1. The lowest BCUT2D eigenvalue weighted by Gasteiger charge is -2.04. The van der Waals surface area contributed by atoms with E-state index in [0.29, 0.717) is 10.9 Å². The summed E-state index contributed by atoms with van der Waals surface area (Å²) in [5.74, 6) is -1.66. The third kappa shape index (κ3) is 2.70. The van der Waals surface area contributed by atoms with E-state index in [1.54, 1.807) is 6.07 Å². The largest absolute Gasteiger partial charge is 0.477 e. The Bertz CT molecular complexity index is 942. The minimum Gasteiger partial charge on any atom is -0.477 e. The van der Waals surface area contributed by atoms with Crippen LogP contribution < -0.4 is 5.32 Å². The number of furan rings is 1. The Balaban J connectivity index is 1.98. The van der Waals surface area contributed by atoms with E-state index in [2.05, 4.69) is 10.3 Å². The molecule has 0 radical (unpaired) electrons. The smallest absolute Gasteiger partial charge is 0.352 e. The van der Waals surface area contributed by atoms with Gasteiger partial charge in [-0.1, -0.05) is 0 Å². The normalized spacial score (nSPS) is 10.7. The van der Waals surface area contributed by atoms with E-state index in [-0.39, 0.29) is 29.2 Å². The first-order chi connectivity index (χ1) is 11.5. The maximum absolute atomic E-state index is 11.9. The van der Waals surface area contributed by atoms with Gasteiger partial charge in [-0.05, 0) is 18.2 Å². The molecule has 0 aliphatic heterocycles. The molecule has 0 aliphatic carbocycles. The number of non-ortho nitro benzene ring substituents is 1. The number of carbonyl (C=O) groups excluding carboxylic acids is 1. The summed E-state index contributed by atoms with van der Waals surface area (Å²) in [4.78, 5) is 36.3. The van der Waals surface area contributed by atoms with Crippen molar-refractivity contribution in [2.75, 3.05) is 0 Å². The lowest BCUT2D eigenvalue weighted by Crippen LogP contribution is -2.23. The van der Waals surface area contributed by atoms with Gasteiger partial charge in [0, 0.05) is 35.1 Å². The zero-order valence-corrected chi connectivity index (χ0v) is 12.1. The van der Waals surface area contributed by atoms with Crippen LogP contribution in [-0.4, -0.2) is 26.9 Å². The standard InChI is InChI=1S/C15H11N3O6/c19-14(12-2-1-5-24-12)16-7-10-9-6-8(18(22)23)3-4-11(9)17-13(10)15(20)21/h1-6,17H,7H2,(H,16,19)(H,20,21). The molecular formula is C15H11N3O6. The number of carboxylic acid groups (broad SMARTS) is 1. The van der Waals surface area contributed by atoms with Crippen LogP contribution in [0.1, 0.15) is 26.6 Å². The summed E-state index contributed by atoms with van der Waals surface area (Å²) in [6.45, 7) is -0.123. The minimum atomic E-state index is -1.23. The average Bonchev–Trinajstić information content (AvgIpc) is 3.19. The first-order valence-electron chi connectivity index (χ1n) is 6.81. The number of carboxylic acids is 1. The number of rotatable bonds is 5. The molecule has 0 saturated carbocycles. The number of hydrogen-bond acceptors (Lipinski definition) is 5. The summed E-state index contributed by atoms with van der Waals surface area (Å²) in [7, 11) is 0. The van der Waals surface area contributed by atoms with Gasteiger partial charge < -0.3 is 19.8 Å². The molecule has 0 bridgehead atoms. The molecule has 9 nitrogen and oxygen atoms in total. The molecule has 3 rings (SSSR count). The van der Waals surface area contributed by atoms with Gasteiger partial charge in [-0.25, -0.2) is 4.79 Å². The van der Waals surface area contributed by atoms with Crippen LogP contribution in [0.2, 0.25) is 0 Å². The second kappa shape index (κ2) is 5.88. The first kappa shape index (κ1) is 15.3. The molecule has 0 aliphatic rings. The number of aromatic nitrogens is 1. The zero-order valence-electron chi connectivity index (χ0n) is 12.1. The lowest BCUT2D eigenvalue weighted by atomic mass is 10.1. The van der Waals surface area contributed by atoms with Crippen molar-refractivity contribution in [2.24, 2.45) is 0 Å². The van der Waals surface area contributed by atoms with E-state index in [1.165, 1.54) is 30.5 Å². The lowest BCUT2D eigenvalue weighted by molar-refractivity contribution is -0.384. The van der Waals surface area contributed by atoms with Crippen LogP contribution >= 0.6 is 0 Å². The van der Waals surface area contributed by atoms with Crippen molar-refractivity contribution in [1.82, 2.24) is 10.3 Å². The number of hydrogen-bond donors (Lipinski definition) is 3. The second-order valence-electron chi connectivity index (χ2n) is 4.93. The highest BCUT2D eigenvalue weighted by Gasteiger charge is 2.20. The van der Waals surface area contributed by atoms with Crippen molar-refractivity contribution in [3.05, 3.63) is 63.7 Å². The van der Waals surface area contributed by atoms with E-state index in [0.717, 1.165) is 0 Å². The fourth-order valence-corrected chi connectivity index (χ4v) is 2.38. The van der Waals surface area contributed by atoms with E-state index in [4.69, 9.17) is 4.42 Å². The summed E-state index contributed by atoms with van der Waals surface area (Å²) in [6.07, 6.45) is 1.34. The number of H-pyrrole nitrogens is 1. The van der Waals surface area contributed by atoms with Crippen LogP contribution in [0, 0.1) is 10.1 Å². The Labute approximate surface area is 134 Å².